The number of hydrogen-bond donors (Lipinski definition) is 0. The van der Waals surface area contributed by atoms with Crippen LogP contribution in [0, 0.1) is 35.5 Å². The Labute approximate surface area is 191 Å². The van der Waals surface area contributed by atoms with Crippen molar-refractivity contribution in [3.8, 4) is 0 Å². The Morgan fingerprint density at radius 2 is 0.774 bits per heavy atom. The average molecular weight is 429 g/mol. The minimum Gasteiger partial charge on any atom is -0.346 e. The first-order valence-electron chi connectivity index (χ1n) is 14.7. The molecule has 4 aliphatic carbocycles. The van der Waals surface area contributed by atoms with E-state index in [2.05, 4.69) is 0 Å². The van der Waals surface area contributed by atoms with Crippen LogP contribution in [0.1, 0.15) is 128 Å². The maximum Gasteiger partial charge on any atom is 0.169 e. The normalized spacial score (nSPS) is 47.6. The lowest BCUT2D eigenvalue weighted by Gasteiger charge is -2.59. The molecule has 1 spiro atoms. The molecule has 2 heterocycles. The lowest BCUT2D eigenvalue weighted by atomic mass is 9.60. The summed E-state index contributed by atoms with van der Waals surface area (Å²) < 4.78 is 14.4. The molecule has 2 saturated heterocycles. The topological polar surface area (TPSA) is 18.5 Å². The predicted octanol–water partition coefficient (Wildman–Crippen LogP) is 8.03. The van der Waals surface area contributed by atoms with Crippen molar-refractivity contribution in [2.45, 2.75) is 146 Å². The van der Waals surface area contributed by atoms with Gasteiger partial charge in [-0.25, -0.2) is 0 Å². The summed E-state index contributed by atoms with van der Waals surface area (Å²) in [6.45, 7) is 0. The zero-order valence-corrected chi connectivity index (χ0v) is 20.1. The van der Waals surface area contributed by atoms with Crippen molar-refractivity contribution in [1.82, 2.24) is 0 Å². The molecule has 6 atom stereocenters. The molecule has 2 heteroatoms. The van der Waals surface area contributed by atoms with Gasteiger partial charge >= 0.3 is 0 Å². The quantitative estimate of drug-likeness (QED) is 0.443. The Morgan fingerprint density at radius 3 is 1.23 bits per heavy atom. The maximum absolute atomic E-state index is 7.19. The van der Waals surface area contributed by atoms with Crippen molar-refractivity contribution in [2.24, 2.45) is 35.5 Å². The summed E-state index contributed by atoms with van der Waals surface area (Å²) in [4.78, 5) is 0. The third kappa shape index (κ3) is 4.27. The van der Waals surface area contributed by atoms with Crippen molar-refractivity contribution in [3.05, 3.63) is 0 Å². The molecule has 176 valence electrons. The molecule has 2 aliphatic heterocycles. The Balaban J connectivity index is 1.28. The van der Waals surface area contributed by atoms with E-state index in [0.29, 0.717) is 12.2 Å². The van der Waals surface area contributed by atoms with Crippen LogP contribution in [0.3, 0.4) is 0 Å². The molecule has 0 radical (unpaired) electrons. The summed E-state index contributed by atoms with van der Waals surface area (Å²) in [7, 11) is 0. The smallest absolute Gasteiger partial charge is 0.169 e. The van der Waals surface area contributed by atoms with Crippen LogP contribution in [0.15, 0.2) is 0 Å². The fraction of sp³-hybridized carbons (Fsp3) is 1.00. The van der Waals surface area contributed by atoms with Gasteiger partial charge in [0.15, 0.2) is 5.79 Å². The second-order valence-corrected chi connectivity index (χ2v) is 12.7. The Morgan fingerprint density at radius 1 is 0.387 bits per heavy atom. The van der Waals surface area contributed by atoms with Crippen LogP contribution in [0.25, 0.3) is 0 Å². The van der Waals surface area contributed by atoms with Crippen LogP contribution < -0.4 is 0 Å². The van der Waals surface area contributed by atoms with Gasteiger partial charge in [-0.05, 0) is 61.2 Å². The molecular weight excluding hydrogens is 380 g/mol. The number of rotatable bonds is 2. The minimum absolute atomic E-state index is 0.221. The lowest BCUT2D eigenvalue weighted by Crippen LogP contribution is -2.60. The lowest BCUT2D eigenvalue weighted by molar-refractivity contribution is -0.363. The summed E-state index contributed by atoms with van der Waals surface area (Å²) in [5.74, 6) is 5.13. The average Bonchev–Trinajstić information content (AvgIpc) is 2.84. The fourth-order valence-corrected chi connectivity index (χ4v) is 9.56. The van der Waals surface area contributed by atoms with E-state index in [1.54, 1.807) is 0 Å². The first-order valence-corrected chi connectivity index (χ1v) is 14.7. The van der Waals surface area contributed by atoms with Gasteiger partial charge in [0.1, 0.15) is 0 Å². The second-order valence-electron chi connectivity index (χ2n) is 12.7. The van der Waals surface area contributed by atoms with Gasteiger partial charge in [0, 0.05) is 12.8 Å². The minimum atomic E-state index is -0.221. The Kier molecular flexibility index (Phi) is 6.42. The first kappa shape index (κ1) is 21.5. The monoisotopic (exact) mass is 428 g/mol. The molecule has 0 aromatic carbocycles. The summed E-state index contributed by atoms with van der Waals surface area (Å²) in [5.41, 5.74) is 0. The van der Waals surface area contributed by atoms with Crippen molar-refractivity contribution in [3.63, 3.8) is 0 Å². The van der Waals surface area contributed by atoms with Crippen molar-refractivity contribution < 1.29 is 9.47 Å². The van der Waals surface area contributed by atoms with E-state index in [-0.39, 0.29) is 5.79 Å². The highest BCUT2D eigenvalue weighted by molar-refractivity contribution is 5.01. The van der Waals surface area contributed by atoms with Crippen molar-refractivity contribution in [1.29, 1.82) is 0 Å². The SMILES string of the molecule is C1CCC(C2CC3(CC(C4CCCCC4)C4CCCCC4O3)OC3CCCCC32)CC1. The molecule has 0 aromatic heterocycles. The van der Waals surface area contributed by atoms with Crippen LogP contribution in [0.5, 0.6) is 0 Å². The summed E-state index contributed by atoms with van der Waals surface area (Å²) in [5, 5.41) is 0. The third-order valence-electron chi connectivity index (χ3n) is 10.9. The third-order valence-corrected chi connectivity index (χ3v) is 10.9. The largest absolute Gasteiger partial charge is 0.346 e. The molecule has 6 aliphatic rings. The van der Waals surface area contributed by atoms with Crippen LogP contribution in [0.2, 0.25) is 0 Å². The van der Waals surface area contributed by atoms with Gasteiger partial charge in [-0.3, -0.25) is 0 Å². The molecule has 4 saturated carbocycles. The molecule has 0 N–H and O–H groups in total. The van der Waals surface area contributed by atoms with E-state index in [4.69, 9.17) is 9.47 Å². The van der Waals surface area contributed by atoms with Crippen LogP contribution in [0.4, 0.5) is 0 Å². The fourth-order valence-electron chi connectivity index (χ4n) is 9.56. The van der Waals surface area contributed by atoms with Crippen LogP contribution in [-0.2, 0) is 9.47 Å². The Bertz CT molecular complexity index is 538. The molecule has 2 nitrogen and oxygen atoms in total. The molecule has 31 heavy (non-hydrogen) atoms. The van der Waals surface area contributed by atoms with Gasteiger partial charge in [-0.1, -0.05) is 89.9 Å². The maximum atomic E-state index is 7.19. The van der Waals surface area contributed by atoms with E-state index in [1.807, 2.05) is 0 Å². The summed E-state index contributed by atoms with van der Waals surface area (Å²) in [6, 6.07) is 0. The highest BCUT2D eigenvalue weighted by atomic mass is 16.7. The van der Waals surface area contributed by atoms with E-state index < -0.39 is 0 Å². The molecule has 0 bridgehead atoms. The summed E-state index contributed by atoms with van der Waals surface area (Å²) in [6.07, 6.45) is 29.4. The number of hydrogen-bond acceptors (Lipinski definition) is 2. The van der Waals surface area contributed by atoms with E-state index >= 15 is 0 Å². The molecule has 0 aromatic rings. The van der Waals surface area contributed by atoms with Gasteiger partial charge in [-0.15, -0.1) is 0 Å². The van der Waals surface area contributed by atoms with Crippen molar-refractivity contribution in [2.75, 3.05) is 0 Å². The van der Waals surface area contributed by atoms with Crippen molar-refractivity contribution >= 4 is 0 Å². The van der Waals surface area contributed by atoms with Gasteiger partial charge in [0.2, 0.25) is 0 Å². The number of ether oxygens (including phenoxy) is 2. The molecule has 0 amide bonds. The second kappa shape index (κ2) is 9.28. The number of fused-ring (bicyclic) bond motifs is 2. The van der Waals surface area contributed by atoms with E-state index in [9.17, 15) is 0 Å². The highest BCUT2D eigenvalue weighted by Crippen LogP contribution is 2.57. The predicted molar refractivity (Wildman–Crippen MR) is 126 cm³/mol. The van der Waals surface area contributed by atoms with Gasteiger partial charge in [0.05, 0.1) is 12.2 Å². The highest BCUT2D eigenvalue weighted by Gasteiger charge is 2.56. The van der Waals surface area contributed by atoms with E-state index in [0.717, 1.165) is 35.5 Å². The zero-order chi connectivity index (χ0) is 20.7. The Hall–Kier alpha value is -0.0800. The molecular formula is C29H48O2. The van der Waals surface area contributed by atoms with Gasteiger partial charge in [0.25, 0.3) is 0 Å². The van der Waals surface area contributed by atoms with Crippen LogP contribution >= 0.6 is 0 Å². The van der Waals surface area contributed by atoms with Gasteiger partial charge < -0.3 is 9.47 Å². The zero-order valence-electron chi connectivity index (χ0n) is 20.1. The first-order chi connectivity index (χ1) is 15.3. The standard InChI is InChI=1S/C29H48O2/c1-3-11-21(12-4-1)25-19-29(30-27-17-9-7-15-23(25)27)20-26(22-13-5-2-6-14-22)24-16-8-10-18-28(24)31-29/h21-28H,1-20H2. The molecule has 6 rings (SSSR count). The molecule has 6 fully saturated rings. The van der Waals surface area contributed by atoms with Crippen LogP contribution in [-0.4, -0.2) is 18.0 Å². The van der Waals surface area contributed by atoms with E-state index in [1.165, 1.54) is 128 Å². The van der Waals surface area contributed by atoms with Gasteiger partial charge in [-0.2, -0.15) is 0 Å². The molecule has 6 unspecified atom stereocenters. The summed E-state index contributed by atoms with van der Waals surface area (Å²) >= 11 is 0.